The predicted molar refractivity (Wildman–Crippen MR) is 221 cm³/mol. The smallest absolute Gasteiger partial charge is 0.249 e. The third kappa shape index (κ3) is 9.79. The molecular weight excluding hydrogens is 733 g/mol. The van der Waals surface area contributed by atoms with Crippen molar-refractivity contribution in [1.29, 1.82) is 0 Å². The van der Waals surface area contributed by atoms with E-state index in [0.717, 1.165) is 90.2 Å². The van der Waals surface area contributed by atoms with Crippen molar-refractivity contribution in [3.05, 3.63) is 11.1 Å². The molecule has 3 heterocycles. The fourth-order valence-electron chi connectivity index (χ4n) is 13.0. The zero-order valence-corrected chi connectivity index (χ0v) is 35.6. The Morgan fingerprint density at radius 1 is 0.672 bits per heavy atom. The van der Waals surface area contributed by atoms with Gasteiger partial charge in [0.1, 0.15) is 6.04 Å². The van der Waals surface area contributed by atoms with Crippen LogP contribution in [0.4, 0.5) is 0 Å². The molecule has 0 aromatic heterocycles. The number of amides is 4. The summed E-state index contributed by atoms with van der Waals surface area (Å²) in [5.41, 5.74) is 3.68. The first-order chi connectivity index (χ1) is 28.2. The molecule has 4 unspecified atom stereocenters. The van der Waals surface area contributed by atoms with Crippen molar-refractivity contribution in [2.24, 2.45) is 29.6 Å². The number of nitrogens with zero attached hydrogens (tertiary/aromatic N) is 3. The number of carbonyl (C=O) groups excluding carboxylic acids is 4. The van der Waals surface area contributed by atoms with Gasteiger partial charge in [-0.05, 0) is 140 Å². The Kier molecular flexibility index (Phi) is 14.4. The highest BCUT2D eigenvalue weighted by atomic mass is 16.5. The highest BCUT2D eigenvalue weighted by Crippen LogP contribution is 2.46. The number of piperidine rings is 1. The minimum atomic E-state index is -0.851. The molecule has 0 radical (unpaired) electrons. The number of imide groups is 2. The molecule has 3 saturated heterocycles. The normalized spacial score (nSPS) is 38.1. The van der Waals surface area contributed by atoms with Crippen LogP contribution < -0.4 is 5.32 Å². The van der Waals surface area contributed by atoms with Gasteiger partial charge in [0.2, 0.25) is 23.6 Å². The van der Waals surface area contributed by atoms with E-state index >= 15 is 0 Å². The Hall–Kier alpha value is -2.18. The van der Waals surface area contributed by atoms with Crippen molar-refractivity contribution in [2.75, 3.05) is 39.3 Å². The van der Waals surface area contributed by atoms with Crippen LogP contribution in [0.2, 0.25) is 0 Å². The van der Waals surface area contributed by atoms with Gasteiger partial charge in [-0.25, -0.2) is 0 Å². The van der Waals surface area contributed by atoms with Gasteiger partial charge in [-0.2, -0.15) is 0 Å². The van der Waals surface area contributed by atoms with E-state index in [2.05, 4.69) is 22.0 Å². The van der Waals surface area contributed by atoms with Crippen LogP contribution in [0.25, 0.3) is 0 Å². The summed E-state index contributed by atoms with van der Waals surface area (Å²) >= 11 is 0. The minimum Gasteiger partial charge on any atom is -0.393 e. The summed E-state index contributed by atoms with van der Waals surface area (Å²) in [6.07, 6.45) is 25.4. The predicted octanol–water partition coefficient (Wildman–Crippen LogP) is 6.30. The van der Waals surface area contributed by atoms with E-state index < -0.39 is 11.9 Å². The molecule has 3 aliphatic heterocycles. The molecule has 8 fully saturated rings. The highest BCUT2D eigenvalue weighted by Gasteiger charge is 2.54. The van der Waals surface area contributed by atoms with Crippen LogP contribution >= 0.6 is 0 Å². The average Bonchev–Trinajstić information content (AvgIpc) is 3.49. The van der Waals surface area contributed by atoms with Crippen LogP contribution in [0.5, 0.6) is 0 Å². The highest BCUT2D eigenvalue weighted by molar-refractivity contribution is 6.10. The molecule has 2 N–H and O–H groups in total. The molecule has 0 spiro atoms. The van der Waals surface area contributed by atoms with Crippen LogP contribution in [0.1, 0.15) is 155 Å². The molecule has 5 aliphatic carbocycles. The third-order valence-corrected chi connectivity index (χ3v) is 16.2. The first-order valence-corrected chi connectivity index (χ1v) is 24.1. The van der Waals surface area contributed by atoms with Gasteiger partial charge in [0, 0.05) is 45.2 Å². The summed E-state index contributed by atoms with van der Waals surface area (Å²) in [4.78, 5) is 57.0. The van der Waals surface area contributed by atoms with E-state index in [9.17, 15) is 24.3 Å². The molecule has 324 valence electrons. The molecule has 8 aliphatic rings. The maximum Gasteiger partial charge on any atom is 0.249 e. The summed E-state index contributed by atoms with van der Waals surface area (Å²) in [6.45, 7) is 7.98. The molecule has 11 nitrogen and oxygen atoms in total. The van der Waals surface area contributed by atoms with Crippen molar-refractivity contribution < 1.29 is 33.8 Å². The van der Waals surface area contributed by atoms with Crippen molar-refractivity contribution in [3.63, 3.8) is 0 Å². The number of carbonyl (C=O) groups is 4. The Morgan fingerprint density at radius 3 is 1.95 bits per heavy atom. The lowest BCUT2D eigenvalue weighted by molar-refractivity contribution is -0.151. The van der Waals surface area contributed by atoms with Gasteiger partial charge < -0.3 is 14.6 Å². The molecule has 5 saturated carbocycles. The van der Waals surface area contributed by atoms with Crippen LogP contribution in [-0.4, -0.2) is 119 Å². The summed E-state index contributed by atoms with van der Waals surface area (Å²) < 4.78 is 13.3. The summed E-state index contributed by atoms with van der Waals surface area (Å²) in [7, 11) is 0. The van der Waals surface area contributed by atoms with E-state index in [-0.39, 0.29) is 54.5 Å². The third-order valence-electron chi connectivity index (χ3n) is 16.2. The lowest BCUT2D eigenvalue weighted by atomic mass is 9.68. The number of allylic oxidation sites excluding steroid dienone is 2. The second kappa shape index (κ2) is 19.7. The lowest BCUT2D eigenvalue weighted by Gasteiger charge is -2.42. The fourth-order valence-corrected chi connectivity index (χ4v) is 13.0. The van der Waals surface area contributed by atoms with Gasteiger partial charge in [-0.1, -0.05) is 37.3 Å². The van der Waals surface area contributed by atoms with Gasteiger partial charge in [-0.15, -0.1) is 0 Å². The number of nitrogens with one attached hydrogen (secondary N) is 1. The summed E-state index contributed by atoms with van der Waals surface area (Å²) in [5.74, 6) is 0.215. The largest absolute Gasteiger partial charge is 0.393 e. The Balaban J connectivity index is 0.721. The SMILES string of the molecule is CC/C(=C(\C1CCC(O)CC1)C1CCC(OC2CCC(OCCN3CCN(C4CCC5C(=O)N(C6CCC(=O)NC6=O)C(=O)C5C4)CC3)CC2)CC1)C1CCCCC1. The second-order valence-corrected chi connectivity index (χ2v) is 19.6. The number of aliphatic hydroxyl groups is 1. The van der Waals surface area contributed by atoms with Crippen LogP contribution in [0.15, 0.2) is 11.1 Å². The number of fused-ring (bicyclic) bond motifs is 1. The fraction of sp³-hybridized carbons (Fsp3) is 0.872. The first-order valence-electron chi connectivity index (χ1n) is 24.1. The van der Waals surface area contributed by atoms with Gasteiger partial charge in [0.15, 0.2) is 0 Å². The van der Waals surface area contributed by atoms with Crippen molar-refractivity contribution in [2.45, 2.75) is 191 Å². The number of aliphatic hydroxyl groups excluding tert-OH is 1. The number of piperazine rings is 1. The molecule has 4 amide bonds. The monoisotopic (exact) mass is 807 g/mol. The Morgan fingerprint density at radius 2 is 1.29 bits per heavy atom. The van der Waals surface area contributed by atoms with Crippen molar-refractivity contribution >= 4 is 23.6 Å². The van der Waals surface area contributed by atoms with Gasteiger partial charge in [0.25, 0.3) is 0 Å². The maximum absolute atomic E-state index is 13.5. The number of hydrogen-bond acceptors (Lipinski definition) is 9. The number of ether oxygens (including phenoxy) is 2. The molecule has 58 heavy (non-hydrogen) atoms. The zero-order valence-electron chi connectivity index (χ0n) is 35.6. The quantitative estimate of drug-likeness (QED) is 0.173. The molecule has 4 atom stereocenters. The van der Waals surface area contributed by atoms with Crippen LogP contribution in [0.3, 0.4) is 0 Å². The number of likely N-dealkylation sites (tertiary alicyclic amines) is 1. The van der Waals surface area contributed by atoms with Gasteiger partial charge >= 0.3 is 0 Å². The van der Waals surface area contributed by atoms with E-state index in [0.29, 0.717) is 43.0 Å². The molecule has 11 heteroatoms. The lowest BCUT2D eigenvalue weighted by Crippen LogP contribution is -2.54. The van der Waals surface area contributed by atoms with Crippen molar-refractivity contribution in [1.82, 2.24) is 20.0 Å². The van der Waals surface area contributed by atoms with Crippen molar-refractivity contribution in [3.8, 4) is 0 Å². The van der Waals surface area contributed by atoms with E-state index in [4.69, 9.17) is 9.47 Å². The average molecular weight is 807 g/mol. The standard InChI is InChI=1S/C47H74N4O7/c1-2-39(31-6-4-3-5-7-31)44(32-8-13-35(52)14-9-32)33-10-15-37(16-11-33)58-38-19-17-36(18-20-38)57-29-28-49-24-26-50(27-25-49)34-12-21-40-41(30-34)47(56)51(46(40)55)42-22-23-43(53)48-45(42)54/h31-38,40-42,52H,2-30H2,1H3,(H,48,53,54)/b44-39-. The van der Waals surface area contributed by atoms with Crippen LogP contribution in [-0.2, 0) is 28.7 Å². The maximum atomic E-state index is 13.5. The molecule has 0 aromatic carbocycles. The summed E-state index contributed by atoms with van der Waals surface area (Å²) in [5, 5.41) is 12.6. The van der Waals surface area contributed by atoms with E-state index in [1.807, 2.05) is 11.1 Å². The Labute approximate surface area is 347 Å². The number of rotatable bonds is 12. The Bertz CT molecular complexity index is 1460. The molecule has 0 aromatic rings. The minimum absolute atomic E-state index is 0.0896. The molecular formula is C47H74N4O7. The van der Waals surface area contributed by atoms with Gasteiger partial charge in [0.05, 0.1) is 42.9 Å². The molecule has 0 bridgehead atoms. The molecule has 8 rings (SSSR count). The second-order valence-electron chi connectivity index (χ2n) is 19.6. The van der Waals surface area contributed by atoms with Gasteiger partial charge in [-0.3, -0.25) is 39.2 Å². The van der Waals surface area contributed by atoms with E-state index in [1.165, 1.54) is 81.9 Å². The first kappa shape index (κ1) is 42.5. The zero-order chi connectivity index (χ0) is 40.2. The topological polar surface area (TPSA) is 129 Å². The van der Waals surface area contributed by atoms with E-state index in [1.54, 1.807) is 0 Å². The summed E-state index contributed by atoms with van der Waals surface area (Å²) in [6, 6.07) is -0.575. The number of hydrogen-bond donors (Lipinski definition) is 2. The van der Waals surface area contributed by atoms with Crippen LogP contribution in [0, 0.1) is 29.6 Å².